The van der Waals surface area contributed by atoms with Gasteiger partial charge in [0.15, 0.2) is 9.84 Å². The summed E-state index contributed by atoms with van der Waals surface area (Å²) in [5.41, 5.74) is 0. The van der Waals surface area contributed by atoms with Crippen molar-refractivity contribution in [3.05, 3.63) is 17.5 Å². The molecule has 2 nitrogen and oxygen atoms in total. The van der Waals surface area contributed by atoms with Crippen LogP contribution in [-0.2, 0) is 9.84 Å². The Kier molecular flexibility index (Phi) is 2.67. The number of rotatable bonds is 2. The highest BCUT2D eigenvalue weighted by molar-refractivity contribution is 8.01. The van der Waals surface area contributed by atoms with E-state index in [0.717, 1.165) is 17.9 Å². The Bertz CT molecular complexity index is 360. The molecular formula is C8H10O2S3. The van der Waals surface area contributed by atoms with Gasteiger partial charge in [0.05, 0.1) is 5.25 Å². The lowest BCUT2D eigenvalue weighted by atomic mass is 10.4. The minimum absolute atomic E-state index is 0.142. The van der Waals surface area contributed by atoms with E-state index >= 15 is 0 Å². The van der Waals surface area contributed by atoms with Crippen molar-refractivity contribution in [3.8, 4) is 0 Å². The zero-order chi connectivity index (χ0) is 9.31. The largest absolute Gasteiger partial charge is 0.223 e. The molecule has 2 heterocycles. The molecule has 72 valence electrons. The van der Waals surface area contributed by atoms with E-state index in [9.17, 15) is 8.42 Å². The maximum atomic E-state index is 11.9. The van der Waals surface area contributed by atoms with Gasteiger partial charge in [-0.05, 0) is 23.6 Å². The van der Waals surface area contributed by atoms with Gasteiger partial charge in [-0.2, -0.15) is 11.8 Å². The van der Waals surface area contributed by atoms with E-state index in [-0.39, 0.29) is 5.25 Å². The Morgan fingerprint density at radius 3 is 2.85 bits per heavy atom. The minimum atomic E-state index is -3.00. The van der Waals surface area contributed by atoms with Gasteiger partial charge >= 0.3 is 0 Å². The third-order valence-electron chi connectivity index (χ3n) is 2.10. The average molecular weight is 234 g/mol. The van der Waals surface area contributed by atoms with Crippen LogP contribution >= 0.6 is 23.1 Å². The van der Waals surface area contributed by atoms with E-state index in [1.54, 1.807) is 23.9 Å². The van der Waals surface area contributed by atoms with Crippen molar-refractivity contribution in [1.82, 2.24) is 0 Å². The molecule has 1 aliphatic rings. The van der Waals surface area contributed by atoms with Crippen LogP contribution in [0.15, 0.2) is 21.7 Å². The monoisotopic (exact) mass is 234 g/mol. The summed E-state index contributed by atoms with van der Waals surface area (Å²) in [4.78, 5) is 0. The number of sulfone groups is 1. The quantitative estimate of drug-likeness (QED) is 0.785. The summed E-state index contributed by atoms with van der Waals surface area (Å²) in [5.74, 6) is 1.75. The Hall–Kier alpha value is -0.000000000000000111. The van der Waals surface area contributed by atoms with Crippen LogP contribution in [0.2, 0.25) is 0 Å². The van der Waals surface area contributed by atoms with Gasteiger partial charge in [-0.15, -0.1) is 11.3 Å². The molecule has 0 unspecified atom stereocenters. The van der Waals surface area contributed by atoms with Crippen molar-refractivity contribution in [2.24, 2.45) is 0 Å². The summed E-state index contributed by atoms with van der Waals surface area (Å²) >= 11 is 3.05. The summed E-state index contributed by atoms with van der Waals surface area (Å²) < 4.78 is 24.3. The first-order valence-corrected chi connectivity index (χ1v) is 7.64. The van der Waals surface area contributed by atoms with Crippen LogP contribution in [0.4, 0.5) is 0 Å². The summed E-state index contributed by atoms with van der Waals surface area (Å²) in [6, 6.07) is 3.49. The Morgan fingerprint density at radius 1 is 1.46 bits per heavy atom. The smallest absolute Gasteiger partial charge is 0.191 e. The second-order valence-electron chi connectivity index (χ2n) is 2.96. The minimum Gasteiger partial charge on any atom is -0.223 e. The molecule has 1 saturated heterocycles. The van der Waals surface area contributed by atoms with Crippen LogP contribution in [0, 0.1) is 0 Å². The van der Waals surface area contributed by atoms with Crippen molar-refractivity contribution in [2.45, 2.75) is 15.9 Å². The van der Waals surface area contributed by atoms with Gasteiger partial charge in [0, 0.05) is 5.75 Å². The van der Waals surface area contributed by atoms with Crippen molar-refractivity contribution in [3.63, 3.8) is 0 Å². The Balaban J connectivity index is 2.30. The van der Waals surface area contributed by atoms with Crippen LogP contribution in [0.5, 0.6) is 0 Å². The normalized spacial score (nSPS) is 23.5. The van der Waals surface area contributed by atoms with Gasteiger partial charge in [-0.25, -0.2) is 8.42 Å². The number of thiophene rings is 1. The molecule has 5 heteroatoms. The molecule has 0 saturated carbocycles. The highest BCUT2D eigenvalue weighted by Crippen LogP contribution is 2.30. The first-order valence-electron chi connectivity index (χ1n) is 4.06. The van der Waals surface area contributed by atoms with Gasteiger partial charge in [-0.1, -0.05) is 6.07 Å². The highest BCUT2D eigenvalue weighted by atomic mass is 32.2. The molecule has 0 aliphatic carbocycles. The van der Waals surface area contributed by atoms with Gasteiger partial charge in [0.2, 0.25) is 0 Å². The summed E-state index contributed by atoms with van der Waals surface area (Å²) in [6.45, 7) is 0. The predicted molar refractivity (Wildman–Crippen MR) is 57.2 cm³/mol. The van der Waals surface area contributed by atoms with Gasteiger partial charge in [0.25, 0.3) is 0 Å². The highest BCUT2D eigenvalue weighted by Gasteiger charge is 2.31. The summed E-state index contributed by atoms with van der Waals surface area (Å²) in [7, 11) is -3.00. The number of thioether (sulfide) groups is 1. The Morgan fingerprint density at radius 2 is 2.31 bits per heavy atom. The van der Waals surface area contributed by atoms with Crippen molar-refractivity contribution >= 4 is 32.9 Å². The Labute approximate surface area is 86.3 Å². The fourth-order valence-corrected chi connectivity index (χ4v) is 6.13. The molecule has 0 bridgehead atoms. The third-order valence-corrected chi connectivity index (χ3v) is 7.10. The van der Waals surface area contributed by atoms with Gasteiger partial charge in [0.1, 0.15) is 4.21 Å². The van der Waals surface area contributed by atoms with Crippen LogP contribution in [0.1, 0.15) is 6.42 Å². The number of hydrogen-bond acceptors (Lipinski definition) is 4. The fourth-order valence-electron chi connectivity index (χ4n) is 1.35. The molecule has 0 aromatic carbocycles. The number of hydrogen-bond donors (Lipinski definition) is 0. The standard InChI is InChI=1S/C8H10O2S3/c9-13(10,7-3-5-11-6-7)8-2-1-4-12-8/h1-2,4,7H,3,5-6H2/t7-/m1/s1. The molecule has 1 fully saturated rings. The van der Waals surface area contributed by atoms with Crippen LogP contribution in [-0.4, -0.2) is 25.2 Å². The molecule has 13 heavy (non-hydrogen) atoms. The van der Waals surface area contributed by atoms with E-state index in [0.29, 0.717) is 4.21 Å². The van der Waals surface area contributed by atoms with Gasteiger partial charge in [-0.3, -0.25) is 0 Å². The van der Waals surface area contributed by atoms with E-state index in [1.165, 1.54) is 11.3 Å². The molecule has 1 atom stereocenters. The first-order chi connectivity index (χ1) is 6.21. The second kappa shape index (κ2) is 3.63. The molecule has 1 aliphatic heterocycles. The molecule has 0 spiro atoms. The molecule has 0 N–H and O–H groups in total. The van der Waals surface area contributed by atoms with Crippen molar-refractivity contribution in [1.29, 1.82) is 0 Å². The van der Waals surface area contributed by atoms with E-state index in [1.807, 2.05) is 5.38 Å². The third kappa shape index (κ3) is 1.78. The molecule has 1 aromatic rings. The predicted octanol–water partition coefficient (Wildman–Crippen LogP) is 2.03. The molecule has 0 amide bonds. The summed E-state index contributed by atoms with van der Waals surface area (Å²) in [5, 5.41) is 1.67. The van der Waals surface area contributed by atoms with E-state index in [4.69, 9.17) is 0 Å². The zero-order valence-corrected chi connectivity index (χ0v) is 9.42. The van der Waals surface area contributed by atoms with E-state index in [2.05, 4.69) is 0 Å². The maximum Gasteiger partial charge on any atom is 0.191 e. The fraction of sp³-hybridized carbons (Fsp3) is 0.500. The van der Waals surface area contributed by atoms with Crippen molar-refractivity contribution in [2.75, 3.05) is 11.5 Å². The van der Waals surface area contributed by atoms with Crippen LogP contribution < -0.4 is 0 Å². The second-order valence-corrected chi connectivity index (χ2v) is 7.52. The average Bonchev–Trinajstić information content (AvgIpc) is 2.78. The van der Waals surface area contributed by atoms with Crippen molar-refractivity contribution < 1.29 is 8.42 Å². The zero-order valence-electron chi connectivity index (χ0n) is 6.97. The SMILES string of the molecule is O=S(=O)(c1cccs1)[C@@H]1CCSC1. The lowest BCUT2D eigenvalue weighted by Crippen LogP contribution is -2.19. The van der Waals surface area contributed by atoms with Gasteiger partial charge < -0.3 is 0 Å². The van der Waals surface area contributed by atoms with E-state index < -0.39 is 9.84 Å². The lowest BCUT2D eigenvalue weighted by molar-refractivity contribution is 0.586. The first kappa shape index (κ1) is 9.55. The van der Waals surface area contributed by atoms with Crippen LogP contribution in [0.3, 0.4) is 0 Å². The maximum absolute atomic E-state index is 11.9. The van der Waals surface area contributed by atoms with Crippen LogP contribution in [0.25, 0.3) is 0 Å². The molecule has 1 aromatic heterocycles. The molecular weight excluding hydrogens is 224 g/mol. The topological polar surface area (TPSA) is 34.1 Å². The lowest BCUT2D eigenvalue weighted by Gasteiger charge is -2.07. The molecule has 0 radical (unpaired) electrons. The summed E-state index contributed by atoms with van der Waals surface area (Å²) in [6.07, 6.45) is 0.810. The molecule has 2 rings (SSSR count).